The first-order chi connectivity index (χ1) is 12.6. The number of carbonyl (C=O) groups is 2. The van der Waals surface area contributed by atoms with Crippen molar-refractivity contribution in [3.05, 3.63) is 42.1 Å². The molecule has 1 unspecified atom stereocenters. The molecule has 3 heterocycles. The van der Waals surface area contributed by atoms with Gasteiger partial charge in [0.1, 0.15) is 6.61 Å². The van der Waals surface area contributed by atoms with E-state index in [1.807, 2.05) is 0 Å². The fraction of sp³-hybridized carbons (Fsp3) is 0.389. The van der Waals surface area contributed by atoms with E-state index in [1.165, 1.54) is 13.3 Å². The van der Waals surface area contributed by atoms with Gasteiger partial charge < -0.3 is 14.7 Å². The van der Waals surface area contributed by atoms with E-state index >= 15 is 0 Å². The molecule has 0 aliphatic carbocycles. The summed E-state index contributed by atoms with van der Waals surface area (Å²) in [5.74, 6) is -0.762. The summed E-state index contributed by atoms with van der Waals surface area (Å²) in [5, 5.41) is 9.16. The van der Waals surface area contributed by atoms with Crippen LogP contribution < -0.4 is 0 Å². The van der Waals surface area contributed by atoms with E-state index < -0.39 is 5.97 Å². The molecule has 0 saturated carbocycles. The highest BCUT2D eigenvalue weighted by atomic mass is 16.5. The lowest BCUT2D eigenvalue weighted by Crippen LogP contribution is -2.31. The van der Waals surface area contributed by atoms with Gasteiger partial charge in [0.05, 0.1) is 17.0 Å². The Morgan fingerprint density at radius 1 is 1.31 bits per heavy atom. The number of carboxylic acids is 1. The Kier molecular flexibility index (Phi) is 5.52. The van der Waals surface area contributed by atoms with Crippen LogP contribution in [-0.2, 0) is 16.0 Å². The molecule has 1 aliphatic rings. The Morgan fingerprint density at radius 3 is 2.88 bits per heavy atom. The summed E-state index contributed by atoms with van der Waals surface area (Å²) in [5.41, 5.74) is 2.14. The second-order valence-corrected chi connectivity index (χ2v) is 6.25. The number of hydrogen-bond donors (Lipinski definition) is 1. The summed E-state index contributed by atoms with van der Waals surface area (Å²) in [6, 6.07) is 1.55. The third kappa shape index (κ3) is 4.02. The van der Waals surface area contributed by atoms with Gasteiger partial charge in [-0.05, 0) is 24.8 Å². The van der Waals surface area contributed by atoms with E-state index in [0.29, 0.717) is 30.8 Å². The van der Waals surface area contributed by atoms with Crippen molar-refractivity contribution in [2.45, 2.75) is 12.8 Å². The van der Waals surface area contributed by atoms with Crippen LogP contribution in [-0.4, -0.2) is 63.6 Å². The second kappa shape index (κ2) is 8.01. The van der Waals surface area contributed by atoms with Crippen molar-refractivity contribution < 1.29 is 19.4 Å². The quantitative estimate of drug-likeness (QED) is 0.831. The minimum absolute atomic E-state index is 0.00673. The third-order valence-corrected chi connectivity index (χ3v) is 4.42. The first-order valence-electron chi connectivity index (χ1n) is 8.33. The Bertz CT molecular complexity index is 811. The summed E-state index contributed by atoms with van der Waals surface area (Å²) in [6.07, 6.45) is 7.64. The highest BCUT2D eigenvalue weighted by Gasteiger charge is 2.27. The lowest BCUT2D eigenvalue weighted by atomic mass is 9.99. The second-order valence-electron chi connectivity index (χ2n) is 6.25. The van der Waals surface area contributed by atoms with Crippen LogP contribution in [0.25, 0.3) is 11.3 Å². The molecule has 0 radical (unpaired) electrons. The highest BCUT2D eigenvalue weighted by molar-refractivity contribution is 5.88. The van der Waals surface area contributed by atoms with Crippen LogP contribution in [0.3, 0.4) is 0 Å². The van der Waals surface area contributed by atoms with Crippen LogP contribution in [0.15, 0.2) is 30.9 Å². The number of hydrogen-bond acceptors (Lipinski definition) is 6. The van der Waals surface area contributed by atoms with Gasteiger partial charge in [0.15, 0.2) is 0 Å². The molecule has 136 valence electrons. The molecule has 8 heteroatoms. The number of methoxy groups -OCH3 is 1. The van der Waals surface area contributed by atoms with Gasteiger partial charge in [0, 0.05) is 50.6 Å². The topological polar surface area (TPSA) is 106 Å². The fourth-order valence-corrected chi connectivity index (χ4v) is 3.16. The largest absolute Gasteiger partial charge is 0.478 e. The molecule has 1 amide bonds. The summed E-state index contributed by atoms with van der Waals surface area (Å²) in [6.45, 7) is 1.46. The molecule has 0 bridgehead atoms. The Balaban J connectivity index is 1.77. The van der Waals surface area contributed by atoms with E-state index in [1.54, 1.807) is 29.6 Å². The van der Waals surface area contributed by atoms with Crippen LogP contribution in [0, 0.1) is 5.92 Å². The fourth-order valence-electron chi connectivity index (χ4n) is 3.16. The van der Waals surface area contributed by atoms with Crippen molar-refractivity contribution >= 4 is 11.9 Å². The number of aromatic nitrogens is 3. The zero-order valence-electron chi connectivity index (χ0n) is 14.5. The maximum atomic E-state index is 11.9. The number of pyridine rings is 1. The molecule has 2 aromatic heterocycles. The van der Waals surface area contributed by atoms with Gasteiger partial charge in [0.25, 0.3) is 0 Å². The van der Waals surface area contributed by atoms with Crippen molar-refractivity contribution in [1.82, 2.24) is 19.9 Å². The number of rotatable bonds is 6. The van der Waals surface area contributed by atoms with E-state index in [4.69, 9.17) is 9.84 Å². The van der Waals surface area contributed by atoms with Gasteiger partial charge in [-0.25, -0.2) is 4.79 Å². The molecular formula is C18H20N4O4. The molecule has 1 saturated heterocycles. The standard InChI is InChI=1S/C18H20N4O4/c1-26-11-16(23)22-5-2-12(10-22)6-15-17(21-4-3-20-15)13-7-14(18(24)25)9-19-8-13/h3-4,7-9,12H,2,5-6,10-11H2,1H3,(H,24,25). The van der Waals surface area contributed by atoms with Crippen LogP contribution in [0.4, 0.5) is 0 Å². The molecular weight excluding hydrogens is 336 g/mol. The van der Waals surface area contributed by atoms with E-state index in [0.717, 1.165) is 12.1 Å². The lowest BCUT2D eigenvalue weighted by Gasteiger charge is -2.16. The maximum Gasteiger partial charge on any atom is 0.337 e. The van der Waals surface area contributed by atoms with E-state index in [-0.39, 0.29) is 24.0 Å². The molecule has 26 heavy (non-hydrogen) atoms. The molecule has 1 aliphatic heterocycles. The maximum absolute atomic E-state index is 11.9. The predicted octanol–water partition coefficient (Wildman–Crippen LogP) is 1.27. The molecule has 0 spiro atoms. The minimum Gasteiger partial charge on any atom is -0.478 e. The number of aromatic carboxylic acids is 1. The van der Waals surface area contributed by atoms with E-state index in [2.05, 4.69) is 15.0 Å². The monoisotopic (exact) mass is 356 g/mol. The van der Waals surface area contributed by atoms with Gasteiger partial charge in [0.2, 0.25) is 5.91 Å². The number of amides is 1. The predicted molar refractivity (Wildman–Crippen MR) is 92.5 cm³/mol. The Morgan fingerprint density at radius 2 is 2.12 bits per heavy atom. The number of ether oxygens (including phenoxy) is 1. The summed E-state index contributed by atoms with van der Waals surface area (Å²) in [7, 11) is 1.51. The summed E-state index contributed by atoms with van der Waals surface area (Å²) < 4.78 is 4.91. The van der Waals surface area contributed by atoms with Crippen molar-refractivity contribution in [3.8, 4) is 11.3 Å². The number of nitrogens with zero attached hydrogens (tertiary/aromatic N) is 4. The minimum atomic E-state index is -1.03. The van der Waals surface area contributed by atoms with E-state index in [9.17, 15) is 9.59 Å². The van der Waals surface area contributed by atoms with Gasteiger partial charge >= 0.3 is 5.97 Å². The number of carbonyl (C=O) groups excluding carboxylic acids is 1. The molecule has 1 fully saturated rings. The highest BCUT2D eigenvalue weighted by Crippen LogP contribution is 2.26. The van der Waals surface area contributed by atoms with Crippen LogP contribution in [0.2, 0.25) is 0 Å². The van der Waals surface area contributed by atoms with Gasteiger partial charge in [-0.1, -0.05) is 0 Å². The average Bonchev–Trinajstić information content (AvgIpc) is 3.11. The lowest BCUT2D eigenvalue weighted by molar-refractivity contribution is -0.134. The first-order valence-corrected chi connectivity index (χ1v) is 8.33. The molecule has 8 nitrogen and oxygen atoms in total. The van der Waals surface area contributed by atoms with Crippen LogP contribution in [0.5, 0.6) is 0 Å². The molecule has 0 aromatic carbocycles. The molecule has 1 atom stereocenters. The molecule has 1 N–H and O–H groups in total. The summed E-state index contributed by atoms with van der Waals surface area (Å²) >= 11 is 0. The summed E-state index contributed by atoms with van der Waals surface area (Å²) in [4.78, 5) is 37.7. The first kappa shape index (κ1) is 17.9. The van der Waals surface area contributed by atoms with Crippen LogP contribution in [0.1, 0.15) is 22.5 Å². The Labute approximate surface area is 150 Å². The molecule has 2 aromatic rings. The molecule has 3 rings (SSSR count). The van der Waals surface area contributed by atoms with Gasteiger partial charge in [-0.15, -0.1) is 0 Å². The SMILES string of the molecule is COCC(=O)N1CCC(Cc2nccnc2-c2cncc(C(=O)O)c2)C1. The van der Waals surface area contributed by atoms with Gasteiger partial charge in [-0.3, -0.25) is 19.7 Å². The average molecular weight is 356 g/mol. The number of likely N-dealkylation sites (tertiary alicyclic amines) is 1. The van der Waals surface area contributed by atoms with Crippen molar-refractivity contribution in [3.63, 3.8) is 0 Å². The van der Waals surface area contributed by atoms with Gasteiger partial charge in [-0.2, -0.15) is 0 Å². The van der Waals surface area contributed by atoms with Crippen molar-refractivity contribution in [2.24, 2.45) is 5.92 Å². The third-order valence-electron chi connectivity index (χ3n) is 4.42. The van der Waals surface area contributed by atoms with Crippen LogP contribution >= 0.6 is 0 Å². The van der Waals surface area contributed by atoms with Crippen molar-refractivity contribution in [1.29, 1.82) is 0 Å². The Hall–Kier alpha value is -2.87. The normalized spacial score (nSPS) is 16.7. The zero-order chi connectivity index (χ0) is 18.5. The number of carboxylic acid groups (broad SMARTS) is 1. The smallest absolute Gasteiger partial charge is 0.337 e. The van der Waals surface area contributed by atoms with Crippen molar-refractivity contribution in [2.75, 3.05) is 26.8 Å². The zero-order valence-corrected chi connectivity index (χ0v) is 14.5.